The molecule has 0 unspecified atom stereocenters. The first-order chi connectivity index (χ1) is 21.5. The van der Waals surface area contributed by atoms with Gasteiger partial charge in [0.1, 0.15) is 11.5 Å². The number of hydrogen-bond donors (Lipinski definition) is 0. The monoisotopic (exact) mass is 654 g/mol. The summed E-state index contributed by atoms with van der Waals surface area (Å²) in [6.07, 6.45) is 5.20. The third-order valence-corrected chi connectivity index (χ3v) is 11.2. The molecule has 0 bridgehead atoms. The zero-order chi connectivity index (χ0) is 30.7. The van der Waals surface area contributed by atoms with Crippen molar-refractivity contribution in [1.82, 2.24) is 0 Å². The molecule has 3 aromatic rings. The zero-order valence-corrected chi connectivity index (χ0v) is 27.1. The molecule has 0 aromatic heterocycles. The molecule has 1 atom stereocenters. The van der Waals surface area contributed by atoms with Gasteiger partial charge in [0, 0.05) is 37.3 Å². The number of hydrazone groups is 1. The molecule has 0 radical (unpaired) electrons. The molecule has 0 N–H and O–H groups in total. The number of nitriles is 1. The lowest BCUT2D eigenvalue weighted by Gasteiger charge is -2.27. The van der Waals surface area contributed by atoms with E-state index in [-0.39, 0.29) is 5.69 Å². The summed E-state index contributed by atoms with van der Waals surface area (Å²) in [4.78, 5) is 2.46. The molecule has 1 saturated heterocycles. The van der Waals surface area contributed by atoms with Crippen molar-refractivity contribution >= 4 is 52.4 Å². The normalized spacial score (nSPS) is 19.4. The number of anilines is 2. The first-order valence-electron chi connectivity index (χ1n) is 15.1. The van der Waals surface area contributed by atoms with Crippen LogP contribution < -0.4 is 9.91 Å². The Bertz CT molecular complexity index is 1430. The fraction of sp³-hybridized carbons (Fsp3) is 0.412. The first-order valence-corrected chi connectivity index (χ1v) is 18.6. The smallest absolute Gasteiger partial charge is 0.184 e. The predicted molar refractivity (Wildman–Crippen MR) is 183 cm³/mol. The molecule has 1 fully saturated rings. The van der Waals surface area contributed by atoms with E-state index in [1.54, 1.807) is 24.3 Å². The average molecular weight is 655 g/mol. The zero-order valence-electron chi connectivity index (χ0n) is 24.7. The van der Waals surface area contributed by atoms with Crippen molar-refractivity contribution in [2.45, 2.75) is 38.1 Å². The van der Waals surface area contributed by atoms with Crippen LogP contribution in [0.3, 0.4) is 0 Å². The van der Waals surface area contributed by atoms with Crippen molar-refractivity contribution in [1.29, 1.82) is 5.26 Å². The standard InChI is InChI=1S/C34H37F3N4S3/c35-28-21-30(36)34(37)33(22-28)41-32(23-31(39-41)26-7-5-25(24-38)6-8-26)27-9-11-29(12-10-27)40-13-1-15-42-17-3-19-44-20-4-18-43-16-2-14-40/h5-12,21-22,32H,1-4,13-20,23H2/t32-/m0/s1. The van der Waals surface area contributed by atoms with Gasteiger partial charge in [0.25, 0.3) is 0 Å². The summed E-state index contributed by atoms with van der Waals surface area (Å²) >= 11 is 6.18. The van der Waals surface area contributed by atoms with E-state index in [0.717, 1.165) is 60.3 Å². The summed E-state index contributed by atoms with van der Waals surface area (Å²) in [7, 11) is 0. The minimum absolute atomic E-state index is 0.241. The number of rotatable bonds is 4. The number of thioether (sulfide) groups is 3. The largest absolute Gasteiger partial charge is 0.371 e. The summed E-state index contributed by atoms with van der Waals surface area (Å²) in [5.74, 6) is 4.01. The molecule has 4 nitrogen and oxygen atoms in total. The second kappa shape index (κ2) is 16.5. The summed E-state index contributed by atoms with van der Waals surface area (Å²) in [6, 6.07) is 18.4. The Labute approximate surface area is 271 Å². The molecule has 0 amide bonds. The van der Waals surface area contributed by atoms with Gasteiger partial charge in [-0.05, 0) is 95.6 Å². The quantitative estimate of drug-likeness (QED) is 0.262. The Morgan fingerprint density at radius 2 is 1.34 bits per heavy atom. The van der Waals surface area contributed by atoms with Gasteiger partial charge in [-0.1, -0.05) is 24.3 Å². The number of hydrogen-bond acceptors (Lipinski definition) is 7. The van der Waals surface area contributed by atoms with Gasteiger partial charge in [-0.3, -0.25) is 5.01 Å². The SMILES string of the molecule is N#Cc1ccc(C2=NN(c3cc(F)cc(F)c3F)[C@H](c3ccc(N4CCCSCCCSCCCSCCC4)cc3)C2)cc1. The second-order valence-electron chi connectivity index (χ2n) is 10.9. The third kappa shape index (κ3) is 8.70. The molecule has 2 heterocycles. The van der Waals surface area contributed by atoms with Crippen LogP contribution in [0.5, 0.6) is 0 Å². The van der Waals surface area contributed by atoms with Crippen molar-refractivity contribution < 1.29 is 13.2 Å². The van der Waals surface area contributed by atoms with Gasteiger partial charge in [0.05, 0.1) is 23.4 Å². The number of benzene rings is 3. The van der Waals surface area contributed by atoms with Crippen molar-refractivity contribution in [3.05, 3.63) is 94.8 Å². The molecule has 0 spiro atoms. The Kier molecular flexibility index (Phi) is 12.3. The van der Waals surface area contributed by atoms with Crippen LogP contribution in [-0.2, 0) is 0 Å². The molecule has 2 aliphatic rings. The van der Waals surface area contributed by atoms with E-state index in [0.29, 0.717) is 23.8 Å². The summed E-state index contributed by atoms with van der Waals surface area (Å²) in [5, 5.41) is 15.2. The van der Waals surface area contributed by atoms with Crippen LogP contribution >= 0.6 is 35.3 Å². The van der Waals surface area contributed by atoms with Crippen LogP contribution in [0.1, 0.15) is 54.8 Å². The Morgan fingerprint density at radius 1 is 0.750 bits per heavy atom. The second-order valence-corrected chi connectivity index (χ2v) is 14.5. The summed E-state index contributed by atoms with van der Waals surface area (Å²) in [5.41, 5.74) is 3.73. The van der Waals surface area contributed by atoms with Crippen molar-refractivity contribution in [3.8, 4) is 6.07 Å². The molecular weight excluding hydrogens is 618 g/mol. The van der Waals surface area contributed by atoms with E-state index in [2.05, 4.69) is 40.0 Å². The molecule has 5 rings (SSSR count). The molecular formula is C34H37F3N4S3. The van der Waals surface area contributed by atoms with Crippen LogP contribution in [0.25, 0.3) is 0 Å². The third-order valence-electron chi connectivity index (χ3n) is 7.71. The highest BCUT2D eigenvalue weighted by Crippen LogP contribution is 2.39. The average Bonchev–Trinajstić information content (AvgIpc) is 3.48. The number of halogens is 3. The molecule has 2 aliphatic heterocycles. The minimum atomic E-state index is -1.25. The molecule has 10 heteroatoms. The van der Waals surface area contributed by atoms with Gasteiger partial charge < -0.3 is 4.90 Å². The predicted octanol–water partition coefficient (Wildman–Crippen LogP) is 8.91. The lowest BCUT2D eigenvalue weighted by molar-refractivity contribution is 0.490. The van der Waals surface area contributed by atoms with Crippen molar-refractivity contribution in [2.24, 2.45) is 5.10 Å². The van der Waals surface area contributed by atoms with Gasteiger partial charge in [0.2, 0.25) is 0 Å². The van der Waals surface area contributed by atoms with Crippen LogP contribution in [0.4, 0.5) is 24.5 Å². The Hall–Kier alpha value is -2.74. The van der Waals surface area contributed by atoms with E-state index in [9.17, 15) is 14.0 Å². The summed E-state index contributed by atoms with van der Waals surface area (Å²) < 4.78 is 43.6. The van der Waals surface area contributed by atoms with Gasteiger partial charge in [-0.2, -0.15) is 45.6 Å². The van der Waals surface area contributed by atoms with Crippen molar-refractivity contribution in [3.63, 3.8) is 0 Å². The number of nitrogens with zero attached hydrogens (tertiary/aromatic N) is 4. The Morgan fingerprint density at radius 3 is 1.93 bits per heavy atom. The highest BCUT2D eigenvalue weighted by molar-refractivity contribution is 8.00. The van der Waals surface area contributed by atoms with Crippen LogP contribution in [0.2, 0.25) is 0 Å². The van der Waals surface area contributed by atoms with Gasteiger partial charge in [0.15, 0.2) is 11.6 Å². The lowest BCUT2D eigenvalue weighted by Crippen LogP contribution is -2.27. The van der Waals surface area contributed by atoms with Gasteiger partial charge in [-0.15, -0.1) is 0 Å². The van der Waals surface area contributed by atoms with Gasteiger partial charge in [-0.25, -0.2) is 13.2 Å². The molecule has 0 aliphatic carbocycles. The van der Waals surface area contributed by atoms with Crippen LogP contribution in [0, 0.1) is 28.8 Å². The molecule has 44 heavy (non-hydrogen) atoms. The maximum Gasteiger partial charge on any atom is 0.184 e. The van der Waals surface area contributed by atoms with Crippen LogP contribution in [0.15, 0.2) is 65.8 Å². The molecule has 232 valence electrons. The fourth-order valence-corrected chi connectivity index (χ4v) is 8.48. The lowest BCUT2D eigenvalue weighted by atomic mass is 9.97. The van der Waals surface area contributed by atoms with E-state index >= 15 is 4.39 Å². The highest BCUT2D eigenvalue weighted by Gasteiger charge is 2.33. The van der Waals surface area contributed by atoms with Crippen LogP contribution in [-0.4, -0.2) is 53.3 Å². The topological polar surface area (TPSA) is 42.6 Å². The van der Waals surface area contributed by atoms with Crippen molar-refractivity contribution in [2.75, 3.05) is 57.5 Å². The summed E-state index contributed by atoms with van der Waals surface area (Å²) in [6.45, 7) is 1.97. The van der Waals surface area contributed by atoms with E-state index < -0.39 is 23.5 Å². The first kappa shape index (κ1) is 32.6. The molecule has 3 aromatic carbocycles. The maximum atomic E-state index is 15.0. The van der Waals surface area contributed by atoms with E-state index in [1.807, 2.05) is 35.7 Å². The Balaban J connectivity index is 1.36. The molecule has 0 saturated carbocycles. The van der Waals surface area contributed by atoms with Gasteiger partial charge >= 0.3 is 0 Å². The fourth-order valence-electron chi connectivity index (χ4n) is 5.44. The minimum Gasteiger partial charge on any atom is -0.371 e. The van der Waals surface area contributed by atoms with E-state index in [1.165, 1.54) is 40.9 Å². The van der Waals surface area contributed by atoms with E-state index in [4.69, 9.17) is 0 Å². The highest BCUT2D eigenvalue weighted by atomic mass is 32.2. The maximum absolute atomic E-state index is 15.0.